The van der Waals surface area contributed by atoms with Gasteiger partial charge in [0.1, 0.15) is 10.6 Å². The van der Waals surface area contributed by atoms with Crippen LogP contribution in [0.3, 0.4) is 0 Å². The maximum atomic E-state index is 12.7. The SMILES string of the molecule is CNc1ccccc1S(=O)(=O)c1ccc(Cl)cc1OC. The fourth-order valence-electron chi connectivity index (χ4n) is 1.89. The van der Waals surface area contributed by atoms with Crippen LogP contribution in [0.25, 0.3) is 0 Å². The zero-order valence-electron chi connectivity index (χ0n) is 11.1. The Kier molecular flexibility index (Phi) is 4.20. The van der Waals surface area contributed by atoms with Gasteiger partial charge in [0.05, 0.1) is 17.7 Å². The Labute approximate surface area is 123 Å². The van der Waals surface area contributed by atoms with Gasteiger partial charge in [-0.1, -0.05) is 23.7 Å². The molecule has 4 nitrogen and oxygen atoms in total. The van der Waals surface area contributed by atoms with Gasteiger partial charge in [-0.05, 0) is 24.3 Å². The first-order valence-corrected chi connectivity index (χ1v) is 7.72. The Morgan fingerprint density at radius 2 is 1.80 bits per heavy atom. The Morgan fingerprint density at radius 3 is 2.45 bits per heavy atom. The maximum absolute atomic E-state index is 12.7. The molecular formula is C14H14ClNO3S. The molecule has 0 radical (unpaired) electrons. The van der Waals surface area contributed by atoms with Crippen molar-refractivity contribution >= 4 is 27.1 Å². The molecule has 0 bridgehead atoms. The molecule has 2 aromatic rings. The number of nitrogens with one attached hydrogen (secondary N) is 1. The summed E-state index contributed by atoms with van der Waals surface area (Å²) in [6.45, 7) is 0. The number of hydrogen-bond acceptors (Lipinski definition) is 4. The summed E-state index contributed by atoms with van der Waals surface area (Å²) in [5.41, 5.74) is 0.532. The molecule has 0 saturated carbocycles. The first-order valence-electron chi connectivity index (χ1n) is 5.86. The predicted molar refractivity (Wildman–Crippen MR) is 79.4 cm³/mol. The molecule has 106 valence electrons. The van der Waals surface area contributed by atoms with Crippen LogP contribution in [-0.2, 0) is 9.84 Å². The molecule has 0 spiro atoms. The van der Waals surface area contributed by atoms with Crippen molar-refractivity contribution in [2.45, 2.75) is 9.79 Å². The highest BCUT2D eigenvalue weighted by Crippen LogP contribution is 2.34. The molecule has 0 fully saturated rings. The van der Waals surface area contributed by atoms with Crippen molar-refractivity contribution in [1.82, 2.24) is 0 Å². The van der Waals surface area contributed by atoms with Crippen molar-refractivity contribution < 1.29 is 13.2 Å². The average Bonchev–Trinajstić information content (AvgIpc) is 2.46. The molecule has 2 rings (SSSR count). The van der Waals surface area contributed by atoms with Gasteiger partial charge in [-0.3, -0.25) is 0 Å². The molecule has 0 heterocycles. The molecule has 0 saturated heterocycles. The Balaban J connectivity index is 2.67. The second kappa shape index (κ2) is 5.73. The molecule has 0 atom stereocenters. The summed E-state index contributed by atoms with van der Waals surface area (Å²) in [6, 6.07) is 11.2. The van der Waals surface area contributed by atoms with E-state index in [4.69, 9.17) is 16.3 Å². The van der Waals surface area contributed by atoms with Crippen molar-refractivity contribution in [3.05, 3.63) is 47.5 Å². The Morgan fingerprint density at radius 1 is 1.10 bits per heavy atom. The number of para-hydroxylation sites is 1. The first kappa shape index (κ1) is 14.7. The van der Waals surface area contributed by atoms with Crippen molar-refractivity contribution in [3.8, 4) is 5.75 Å². The molecule has 6 heteroatoms. The maximum Gasteiger partial charge on any atom is 0.212 e. The van der Waals surface area contributed by atoms with Gasteiger partial charge in [0.25, 0.3) is 0 Å². The molecule has 0 unspecified atom stereocenters. The highest BCUT2D eigenvalue weighted by Gasteiger charge is 2.24. The van der Waals surface area contributed by atoms with Gasteiger partial charge >= 0.3 is 0 Å². The van der Waals surface area contributed by atoms with E-state index in [-0.39, 0.29) is 15.5 Å². The van der Waals surface area contributed by atoms with E-state index in [1.807, 2.05) is 0 Å². The van der Waals surface area contributed by atoms with Crippen molar-refractivity contribution in [3.63, 3.8) is 0 Å². The summed E-state index contributed by atoms with van der Waals surface area (Å²) in [5, 5.41) is 3.29. The van der Waals surface area contributed by atoms with E-state index in [0.29, 0.717) is 10.7 Å². The van der Waals surface area contributed by atoms with E-state index in [9.17, 15) is 8.42 Å². The zero-order chi connectivity index (χ0) is 14.8. The van der Waals surface area contributed by atoms with E-state index in [1.165, 1.54) is 25.3 Å². The van der Waals surface area contributed by atoms with Crippen LogP contribution in [-0.4, -0.2) is 22.6 Å². The van der Waals surface area contributed by atoms with E-state index >= 15 is 0 Å². The summed E-state index contributed by atoms with van der Waals surface area (Å²) < 4.78 is 30.6. The van der Waals surface area contributed by atoms with Crippen molar-refractivity contribution in [2.75, 3.05) is 19.5 Å². The molecule has 20 heavy (non-hydrogen) atoms. The summed E-state index contributed by atoms with van der Waals surface area (Å²) in [7, 11) is -0.602. The lowest BCUT2D eigenvalue weighted by Crippen LogP contribution is -2.07. The van der Waals surface area contributed by atoms with Gasteiger partial charge in [-0.25, -0.2) is 8.42 Å². The number of sulfone groups is 1. The summed E-state index contributed by atoms with van der Waals surface area (Å²) in [5.74, 6) is 0.225. The van der Waals surface area contributed by atoms with Crippen LogP contribution in [0.1, 0.15) is 0 Å². The van der Waals surface area contributed by atoms with Crippen LogP contribution >= 0.6 is 11.6 Å². The number of ether oxygens (including phenoxy) is 1. The van der Waals surface area contributed by atoms with E-state index in [2.05, 4.69) is 5.32 Å². The molecule has 0 aliphatic carbocycles. The fraction of sp³-hybridized carbons (Fsp3) is 0.143. The van der Waals surface area contributed by atoms with Crippen LogP contribution < -0.4 is 10.1 Å². The number of halogens is 1. The molecule has 0 aromatic heterocycles. The third-order valence-electron chi connectivity index (χ3n) is 2.86. The monoisotopic (exact) mass is 311 g/mol. The second-order valence-corrected chi connectivity index (χ2v) is 6.37. The second-order valence-electron chi connectivity index (χ2n) is 4.04. The quantitative estimate of drug-likeness (QED) is 0.942. The standard InChI is InChI=1S/C14H14ClNO3S/c1-16-11-5-3-4-6-13(11)20(17,18)14-8-7-10(15)9-12(14)19-2/h3-9,16H,1-2H3. The highest BCUT2D eigenvalue weighted by molar-refractivity contribution is 7.91. The number of hydrogen-bond donors (Lipinski definition) is 1. The number of rotatable bonds is 4. The number of methoxy groups -OCH3 is 1. The minimum Gasteiger partial charge on any atom is -0.495 e. The molecule has 1 N–H and O–H groups in total. The number of benzene rings is 2. The predicted octanol–water partition coefficient (Wildman–Crippen LogP) is 3.22. The van der Waals surface area contributed by atoms with E-state index in [0.717, 1.165) is 0 Å². The Bertz CT molecular complexity index is 729. The lowest BCUT2D eigenvalue weighted by Gasteiger charge is -2.13. The summed E-state index contributed by atoms with van der Waals surface area (Å²) in [4.78, 5) is 0.287. The smallest absolute Gasteiger partial charge is 0.212 e. The van der Waals surface area contributed by atoms with Crippen molar-refractivity contribution in [2.24, 2.45) is 0 Å². The molecule has 2 aromatic carbocycles. The van der Waals surface area contributed by atoms with Crippen LogP contribution in [0.15, 0.2) is 52.3 Å². The van der Waals surface area contributed by atoms with Crippen molar-refractivity contribution in [1.29, 1.82) is 0 Å². The first-order chi connectivity index (χ1) is 9.50. The number of anilines is 1. The molecule has 0 aliphatic rings. The van der Waals surface area contributed by atoms with Crippen LogP contribution in [0.5, 0.6) is 5.75 Å². The third kappa shape index (κ3) is 2.59. The van der Waals surface area contributed by atoms with Gasteiger partial charge in [0.15, 0.2) is 0 Å². The van der Waals surface area contributed by atoms with Gasteiger partial charge < -0.3 is 10.1 Å². The van der Waals surface area contributed by atoms with Crippen LogP contribution in [0.4, 0.5) is 5.69 Å². The minimum atomic E-state index is -3.69. The molecule has 0 aliphatic heterocycles. The van der Waals surface area contributed by atoms with E-state index < -0.39 is 9.84 Å². The summed E-state index contributed by atoms with van der Waals surface area (Å²) >= 11 is 5.86. The topological polar surface area (TPSA) is 55.4 Å². The van der Waals surface area contributed by atoms with E-state index in [1.54, 1.807) is 31.3 Å². The largest absolute Gasteiger partial charge is 0.495 e. The highest BCUT2D eigenvalue weighted by atomic mass is 35.5. The minimum absolute atomic E-state index is 0.0899. The zero-order valence-corrected chi connectivity index (χ0v) is 12.6. The van der Waals surface area contributed by atoms with Gasteiger partial charge in [-0.15, -0.1) is 0 Å². The van der Waals surface area contributed by atoms with Gasteiger partial charge in [-0.2, -0.15) is 0 Å². The van der Waals surface area contributed by atoms with Gasteiger partial charge in [0.2, 0.25) is 9.84 Å². The van der Waals surface area contributed by atoms with Gasteiger partial charge in [0, 0.05) is 18.1 Å². The lowest BCUT2D eigenvalue weighted by molar-refractivity contribution is 0.403. The molecular weight excluding hydrogens is 298 g/mol. The molecule has 0 amide bonds. The van der Waals surface area contributed by atoms with Crippen LogP contribution in [0, 0.1) is 0 Å². The summed E-state index contributed by atoms with van der Waals surface area (Å²) in [6.07, 6.45) is 0. The fourth-order valence-corrected chi connectivity index (χ4v) is 3.66. The van der Waals surface area contributed by atoms with Crippen LogP contribution in [0.2, 0.25) is 5.02 Å². The average molecular weight is 312 g/mol. The third-order valence-corrected chi connectivity index (χ3v) is 4.95. The normalized spacial score (nSPS) is 11.2. The lowest BCUT2D eigenvalue weighted by atomic mass is 10.3. The Hall–Kier alpha value is -1.72.